The molecule has 19 heavy (non-hydrogen) atoms. The standard InChI is InChI=1S/C16H30N2O/c1-13-8-10-16(11-9-13,18(3)4)15(17-2)14-7-5-6-12-19-14/h7,13,15,17H,5-6,8-12H2,1-4H3. The Balaban J connectivity index is 2.23. The van der Waals surface area contributed by atoms with Gasteiger partial charge in [0.1, 0.15) is 5.76 Å². The number of nitrogens with one attached hydrogen (secondary N) is 1. The SMILES string of the molecule is CNC(C1=CCCCO1)C1(N(C)C)CCC(C)CC1. The van der Waals surface area contributed by atoms with Crippen LogP contribution in [0.5, 0.6) is 0 Å². The van der Waals surface area contributed by atoms with Crippen molar-refractivity contribution in [3.63, 3.8) is 0 Å². The lowest BCUT2D eigenvalue weighted by atomic mass is 9.71. The van der Waals surface area contributed by atoms with Gasteiger partial charge in [-0.05, 0) is 71.7 Å². The van der Waals surface area contributed by atoms with Crippen LogP contribution in [0, 0.1) is 5.92 Å². The highest BCUT2D eigenvalue weighted by Gasteiger charge is 2.44. The zero-order valence-electron chi connectivity index (χ0n) is 13.0. The fraction of sp³-hybridized carbons (Fsp3) is 0.875. The second-order valence-corrected chi connectivity index (χ2v) is 6.50. The minimum Gasteiger partial charge on any atom is -0.497 e. The lowest BCUT2D eigenvalue weighted by Gasteiger charge is -2.50. The van der Waals surface area contributed by atoms with Crippen molar-refractivity contribution >= 4 is 0 Å². The molecule has 1 heterocycles. The van der Waals surface area contributed by atoms with E-state index in [0.717, 1.165) is 25.4 Å². The maximum Gasteiger partial charge on any atom is 0.111 e. The largest absolute Gasteiger partial charge is 0.497 e. The summed E-state index contributed by atoms with van der Waals surface area (Å²) in [6.45, 7) is 3.26. The molecule has 0 radical (unpaired) electrons. The summed E-state index contributed by atoms with van der Waals surface area (Å²) >= 11 is 0. The summed E-state index contributed by atoms with van der Waals surface area (Å²) in [6.07, 6.45) is 9.78. The Morgan fingerprint density at radius 2 is 2.05 bits per heavy atom. The third-order valence-corrected chi connectivity index (χ3v) is 5.10. The molecule has 0 aromatic carbocycles. The Labute approximate surface area is 118 Å². The molecule has 1 fully saturated rings. The number of rotatable bonds is 4. The van der Waals surface area contributed by atoms with Crippen LogP contribution in [0.2, 0.25) is 0 Å². The van der Waals surface area contributed by atoms with Crippen LogP contribution in [0.25, 0.3) is 0 Å². The van der Waals surface area contributed by atoms with Gasteiger partial charge in [-0.25, -0.2) is 0 Å². The van der Waals surface area contributed by atoms with Crippen molar-refractivity contribution < 1.29 is 4.74 Å². The molecule has 0 spiro atoms. The van der Waals surface area contributed by atoms with E-state index in [1.165, 1.54) is 31.4 Å². The zero-order chi connectivity index (χ0) is 13.9. The molecule has 0 aromatic rings. The molecular weight excluding hydrogens is 236 g/mol. The summed E-state index contributed by atoms with van der Waals surface area (Å²) in [7, 11) is 6.53. The molecule has 3 nitrogen and oxygen atoms in total. The van der Waals surface area contributed by atoms with Gasteiger partial charge in [0.05, 0.1) is 12.6 Å². The number of allylic oxidation sites excluding steroid dienone is 1. The summed E-state index contributed by atoms with van der Waals surface area (Å²) in [5.41, 5.74) is 0.213. The van der Waals surface area contributed by atoms with E-state index in [0.29, 0.717) is 6.04 Å². The minimum atomic E-state index is 0.213. The predicted octanol–water partition coefficient (Wildman–Crippen LogP) is 2.78. The Kier molecular flexibility index (Phi) is 4.91. The molecule has 2 rings (SSSR count). The summed E-state index contributed by atoms with van der Waals surface area (Å²) in [6, 6.07) is 0.329. The Morgan fingerprint density at radius 1 is 1.37 bits per heavy atom. The third-order valence-electron chi connectivity index (χ3n) is 5.10. The number of hydrogen-bond acceptors (Lipinski definition) is 3. The van der Waals surface area contributed by atoms with Gasteiger partial charge in [-0.2, -0.15) is 0 Å². The van der Waals surface area contributed by atoms with Crippen molar-refractivity contribution in [1.29, 1.82) is 0 Å². The van der Waals surface area contributed by atoms with E-state index in [4.69, 9.17) is 4.74 Å². The van der Waals surface area contributed by atoms with E-state index in [-0.39, 0.29) is 5.54 Å². The summed E-state index contributed by atoms with van der Waals surface area (Å²) in [5.74, 6) is 2.05. The van der Waals surface area contributed by atoms with E-state index < -0.39 is 0 Å². The van der Waals surface area contributed by atoms with Crippen LogP contribution in [0.15, 0.2) is 11.8 Å². The van der Waals surface area contributed by atoms with Crippen molar-refractivity contribution in [3.05, 3.63) is 11.8 Å². The molecule has 1 N–H and O–H groups in total. The molecule has 1 aliphatic carbocycles. The van der Waals surface area contributed by atoms with Crippen LogP contribution in [0.1, 0.15) is 45.4 Å². The van der Waals surface area contributed by atoms with Gasteiger partial charge in [-0.3, -0.25) is 0 Å². The quantitative estimate of drug-likeness (QED) is 0.847. The third kappa shape index (κ3) is 2.97. The van der Waals surface area contributed by atoms with Crippen molar-refractivity contribution in [1.82, 2.24) is 10.2 Å². The number of likely N-dealkylation sites (N-methyl/N-ethyl adjacent to an activating group) is 2. The molecule has 0 amide bonds. The highest BCUT2D eigenvalue weighted by Crippen LogP contribution is 2.40. The second-order valence-electron chi connectivity index (χ2n) is 6.50. The van der Waals surface area contributed by atoms with Crippen molar-refractivity contribution in [2.24, 2.45) is 5.92 Å². The van der Waals surface area contributed by atoms with Gasteiger partial charge < -0.3 is 15.0 Å². The first-order valence-electron chi connectivity index (χ1n) is 7.77. The van der Waals surface area contributed by atoms with Crippen LogP contribution in [0.3, 0.4) is 0 Å². The molecular formula is C16H30N2O. The van der Waals surface area contributed by atoms with Crippen molar-refractivity contribution in [3.8, 4) is 0 Å². The first kappa shape index (κ1) is 14.9. The van der Waals surface area contributed by atoms with Crippen LogP contribution in [0.4, 0.5) is 0 Å². The van der Waals surface area contributed by atoms with Crippen LogP contribution in [-0.2, 0) is 4.74 Å². The van der Waals surface area contributed by atoms with Gasteiger partial charge in [-0.15, -0.1) is 0 Å². The van der Waals surface area contributed by atoms with E-state index in [2.05, 4.69) is 44.4 Å². The fourth-order valence-electron chi connectivity index (χ4n) is 3.71. The van der Waals surface area contributed by atoms with E-state index in [9.17, 15) is 0 Å². The van der Waals surface area contributed by atoms with Gasteiger partial charge in [0, 0.05) is 5.54 Å². The molecule has 1 unspecified atom stereocenters. The lowest BCUT2D eigenvalue weighted by molar-refractivity contribution is 0.0300. The second kappa shape index (κ2) is 6.27. The Morgan fingerprint density at radius 3 is 2.53 bits per heavy atom. The van der Waals surface area contributed by atoms with E-state index in [1.807, 2.05) is 0 Å². The number of ether oxygens (including phenoxy) is 1. The number of hydrogen-bond donors (Lipinski definition) is 1. The smallest absolute Gasteiger partial charge is 0.111 e. The molecule has 110 valence electrons. The molecule has 0 aromatic heterocycles. The molecule has 1 atom stereocenters. The zero-order valence-corrected chi connectivity index (χ0v) is 13.0. The molecule has 0 saturated heterocycles. The Bertz CT molecular complexity index is 317. The molecule has 1 aliphatic heterocycles. The normalized spacial score (nSPS) is 33.7. The Hall–Kier alpha value is -0.540. The number of nitrogens with zero attached hydrogens (tertiary/aromatic N) is 1. The van der Waals surface area contributed by atoms with Gasteiger partial charge in [0.15, 0.2) is 0 Å². The van der Waals surface area contributed by atoms with Crippen molar-refractivity contribution in [2.45, 2.75) is 57.0 Å². The average molecular weight is 266 g/mol. The van der Waals surface area contributed by atoms with E-state index in [1.54, 1.807) is 0 Å². The van der Waals surface area contributed by atoms with Gasteiger partial charge in [0.25, 0.3) is 0 Å². The molecule has 1 saturated carbocycles. The lowest BCUT2D eigenvalue weighted by Crippen LogP contribution is -2.61. The first-order valence-corrected chi connectivity index (χ1v) is 7.77. The molecule has 0 bridgehead atoms. The van der Waals surface area contributed by atoms with E-state index >= 15 is 0 Å². The van der Waals surface area contributed by atoms with Gasteiger partial charge in [-0.1, -0.05) is 6.92 Å². The highest BCUT2D eigenvalue weighted by molar-refractivity contribution is 5.16. The maximum absolute atomic E-state index is 5.96. The van der Waals surface area contributed by atoms with Gasteiger partial charge in [0.2, 0.25) is 0 Å². The first-order chi connectivity index (χ1) is 9.10. The topological polar surface area (TPSA) is 24.5 Å². The summed E-state index contributed by atoms with van der Waals surface area (Å²) in [5, 5.41) is 3.54. The van der Waals surface area contributed by atoms with Crippen LogP contribution < -0.4 is 5.32 Å². The van der Waals surface area contributed by atoms with Crippen LogP contribution >= 0.6 is 0 Å². The highest BCUT2D eigenvalue weighted by atomic mass is 16.5. The summed E-state index contributed by atoms with van der Waals surface area (Å²) in [4.78, 5) is 2.43. The summed E-state index contributed by atoms with van der Waals surface area (Å²) < 4.78 is 5.96. The molecule has 2 aliphatic rings. The monoisotopic (exact) mass is 266 g/mol. The maximum atomic E-state index is 5.96. The fourth-order valence-corrected chi connectivity index (χ4v) is 3.71. The van der Waals surface area contributed by atoms with Crippen LogP contribution in [-0.4, -0.2) is 44.2 Å². The average Bonchev–Trinajstić information content (AvgIpc) is 2.43. The molecule has 3 heteroatoms. The van der Waals surface area contributed by atoms with Gasteiger partial charge >= 0.3 is 0 Å². The van der Waals surface area contributed by atoms with Crippen molar-refractivity contribution in [2.75, 3.05) is 27.7 Å². The predicted molar refractivity (Wildman–Crippen MR) is 80.2 cm³/mol. The minimum absolute atomic E-state index is 0.213.